The van der Waals surface area contributed by atoms with Crippen LogP contribution in [0.15, 0.2) is 60.7 Å². The van der Waals surface area contributed by atoms with Gasteiger partial charge in [-0.15, -0.1) is 0 Å². The highest BCUT2D eigenvalue weighted by atomic mass is 16.2. The van der Waals surface area contributed by atoms with Crippen molar-refractivity contribution in [3.8, 4) is 6.07 Å². The molecule has 0 unspecified atom stereocenters. The van der Waals surface area contributed by atoms with Gasteiger partial charge in [-0.1, -0.05) is 60.7 Å². The summed E-state index contributed by atoms with van der Waals surface area (Å²) in [5.74, 6) is 0.534. The molecule has 1 N–H and O–H groups in total. The van der Waals surface area contributed by atoms with Crippen molar-refractivity contribution in [1.82, 2.24) is 14.4 Å². The van der Waals surface area contributed by atoms with Gasteiger partial charge >= 0.3 is 0 Å². The molecule has 2 aromatic carbocycles. The lowest BCUT2D eigenvalue weighted by atomic mass is 10.2. The van der Waals surface area contributed by atoms with E-state index in [9.17, 15) is 10.1 Å². The summed E-state index contributed by atoms with van der Waals surface area (Å²) in [4.78, 5) is 17.7. The Morgan fingerprint density at radius 3 is 2.12 bits per heavy atom. The molecule has 6 nitrogen and oxygen atoms in total. The lowest BCUT2D eigenvalue weighted by molar-refractivity contribution is -0.117. The molecule has 0 spiro atoms. The molecule has 2 heterocycles. The average Bonchev–Trinajstić information content (AvgIpc) is 2.98. The molecule has 176 valence electrons. The summed E-state index contributed by atoms with van der Waals surface area (Å²) in [5.41, 5.74) is 4.92. The third-order valence-corrected chi connectivity index (χ3v) is 6.68. The Labute approximate surface area is 202 Å². The van der Waals surface area contributed by atoms with E-state index in [4.69, 9.17) is 0 Å². The van der Waals surface area contributed by atoms with E-state index in [2.05, 4.69) is 57.6 Å². The van der Waals surface area contributed by atoms with Crippen LogP contribution in [-0.4, -0.2) is 53.0 Å². The number of hydrogen-bond acceptors (Lipinski definition) is 4. The third kappa shape index (κ3) is 5.74. The van der Waals surface area contributed by atoms with Gasteiger partial charge in [-0.25, -0.2) is 0 Å². The molecular formula is C28H33N5O. The predicted molar refractivity (Wildman–Crippen MR) is 136 cm³/mol. The number of nitriles is 1. The molecule has 1 fully saturated rings. The maximum atomic E-state index is 13.1. The fourth-order valence-electron chi connectivity index (χ4n) is 4.65. The van der Waals surface area contributed by atoms with Crippen molar-refractivity contribution in [3.05, 3.63) is 88.6 Å². The second-order valence-corrected chi connectivity index (χ2v) is 9.06. The molecule has 1 aromatic heterocycles. The van der Waals surface area contributed by atoms with E-state index >= 15 is 0 Å². The summed E-state index contributed by atoms with van der Waals surface area (Å²) in [5, 5.41) is 12.9. The molecule has 3 aromatic rings. The van der Waals surface area contributed by atoms with Crippen molar-refractivity contribution in [2.75, 3.05) is 38.0 Å². The summed E-state index contributed by atoms with van der Waals surface area (Å²) in [6.07, 6.45) is 1.03. The molecular weight excluding hydrogens is 422 g/mol. The van der Waals surface area contributed by atoms with Crippen molar-refractivity contribution in [2.45, 2.75) is 33.4 Å². The minimum atomic E-state index is -0.0696. The summed E-state index contributed by atoms with van der Waals surface area (Å²) >= 11 is 0. The number of hydrogen-bond donors (Lipinski definition) is 1. The number of rotatable bonds is 7. The van der Waals surface area contributed by atoms with Crippen molar-refractivity contribution in [2.24, 2.45) is 0 Å². The van der Waals surface area contributed by atoms with Crippen LogP contribution in [0.5, 0.6) is 0 Å². The molecule has 0 saturated carbocycles. The van der Waals surface area contributed by atoms with E-state index in [-0.39, 0.29) is 5.91 Å². The minimum Gasteiger partial charge on any atom is -0.326 e. The highest BCUT2D eigenvalue weighted by Gasteiger charge is 2.22. The summed E-state index contributed by atoms with van der Waals surface area (Å²) in [7, 11) is 0. The molecule has 0 aliphatic carbocycles. The normalized spacial score (nSPS) is 15.0. The van der Waals surface area contributed by atoms with E-state index in [1.807, 2.05) is 42.7 Å². The highest BCUT2D eigenvalue weighted by molar-refractivity contribution is 5.93. The first-order valence-electron chi connectivity index (χ1n) is 12.0. The molecule has 0 atom stereocenters. The minimum absolute atomic E-state index is 0.0696. The van der Waals surface area contributed by atoms with Gasteiger partial charge in [0.25, 0.3) is 0 Å². The lowest BCUT2D eigenvalue weighted by Crippen LogP contribution is -2.36. The highest BCUT2D eigenvalue weighted by Crippen LogP contribution is 2.27. The van der Waals surface area contributed by atoms with Crippen molar-refractivity contribution in [1.29, 1.82) is 5.26 Å². The number of anilines is 1. The van der Waals surface area contributed by atoms with Crippen LogP contribution in [0.1, 0.15) is 34.4 Å². The zero-order chi connectivity index (χ0) is 23.9. The van der Waals surface area contributed by atoms with Gasteiger partial charge in [-0.05, 0) is 50.0 Å². The number of carbonyl (C=O) groups excluding carboxylic acids is 1. The van der Waals surface area contributed by atoms with Gasteiger partial charge in [0.15, 0.2) is 0 Å². The topological polar surface area (TPSA) is 64.3 Å². The molecule has 0 bridgehead atoms. The van der Waals surface area contributed by atoms with Crippen LogP contribution in [0.3, 0.4) is 0 Å². The zero-order valence-corrected chi connectivity index (χ0v) is 20.1. The maximum absolute atomic E-state index is 13.1. The van der Waals surface area contributed by atoms with Crippen LogP contribution in [-0.2, 0) is 17.9 Å². The monoisotopic (exact) mass is 455 g/mol. The molecule has 1 aliphatic rings. The molecule has 4 rings (SSSR count). The van der Waals surface area contributed by atoms with Crippen LogP contribution < -0.4 is 5.32 Å². The van der Waals surface area contributed by atoms with E-state index in [0.29, 0.717) is 24.5 Å². The smallest absolute Gasteiger partial charge is 0.239 e. The van der Waals surface area contributed by atoms with Gasteiger partial charge in [0.1, 0.15) is 11.9 Å². The Bertz CT molecular complexity index is 1150. The van der Waals surface area contributed by atoms with Gasteiger partial charge in [0.2, 0.25) is 5.91 Å². The van der Waals surface area contributed by atoms with Gasteiger partial charge in [-0.2, -0.15) is 5.26 Å². The number of amides is 1. The predicted octanol–water partition coefficient (Wildman–Crippen LogP) is 4.17. The standard InChI is InChI=1S/C28H33N5O/c1-22-23(2)33(20-25-12-7-4-8-13-25)28(26(22)18-29)30-27(34)21-32-15-9-14-31(16-17-32)19-24-10-5-3-6-11-24/h3-8,10-13H,9,14-17,19-21H2,1-2H3,(H,30,34). The summed E-state index contributed by atoms with van der Waals surface area (Å²) < 4.78 is 2.05. The first-order valence-corrected chi connectivity index (χ1v) is 12.0. The molecule has 6 heteroatoms. The van der Waals surface area contributed by atoms with Crippen LogP contribution in [0.4, 0.5) is 5.82 Å². The van der Waals surface area contributed by atoms with Crippen molar-refractivity contribution >= 4 is 11.7 Å². The first-order chi connectivity index (χ1) is 16.5. The Morgan fingerprint density at radius 1 is 0.882 bits per heavy atom. The number of carbonyl (C=O) groups is 1. The summed E-state index contributed by atoms with van der Waals surface area (Å²) in [6, 6.07) is 23.0. The van der Waals surface area contributed by atoms with E-state index in [0.717, 1.165) is 56.0 Å². The van der Waals surface area contributed by atoms with Crippen molar-refractivity contribution in [3.63, 3.8) is 0 Å². The fourth-order valence-corrected chi connectivity index (χ4v) is 4.65. The zero-order valence-electron chi connectivity index (χ0n) is 20.1. The van der Waals surface area contributed by atoms with Gasteiger partial charge in [0.05, 0.1) is 12.1 Å². The lowest BCUT2D eigenvalue weighted by Gasteiger charge is -2.22. The van der Waals surface area contributed by atoms with E-state index in [1.54, 1.807) is 0 Å². The molecule has 34 heavy (non-hydrogen) atoms. The number of nitrogens with one attached hydrogen (secondary N) is 1. The SMILES string of the molecule is Cc1c(C#N)c(NC(=O)CN2CCCN(Cc3ccccc3)CC2)n(Cc2ccccc2)c1C. The summed E-state index contributed by atoms with van der Waals surface area (Å²) in [6.45, 7) is 9.56. The van der Waals surface area contributed by atoms with Crippen LogP contribution >= 0.6 is 0 Å². The third-order valence-electron chi connectivity index (χ3n) is 6.68. The Kier molecular flexibility index (Phi) is 7.79. The van der Waals surface area contributed by atoms with Gasteiger partial charge < -0.3 is 9.88 Å². The largest absolute Gasteiger partial charge is 0.326 e. The molecule has 1 amide bonds. The maximum Gasteiger partial charge on any atom is 0.239 e. The van der Waals surface area contributed by atoms with E-state index < -0.39 is 0 Å². The Balaban J connectivity index is 1.41. The second-order valence-electron chi connectivity index (χ2n) is 9.06. The van der Waals surface area contributed by atoms with Crippen LogP contribution in [0.2, 0.25) is 0 Å². The molecule has 1 saturated heterocycles. The molecule has 1 aliphatic heterocycles. The van der Waals surface area contributed by atoms with Crippen molar-refractivity contribution < 1.29 is 4.79 Å². The number of benzene rings is 2. The van der Waals surface area contributed by atoms with E-state index in [1.165, 1.54) is 5.56 Å². The van der Waals surface area contributed by atoms with Gasteiger partial charge in [-0.3, -0.25) is 14.6 Å². The number of nitrogens with zero attached hydrogens (tertiary/aromatic N) is 4. The average molecular weight is 456 g/mol. The fraction of sp³-hybridized carbons (Fsp3) is 0.357. The van der Waals surface area contributed by atoms with Crippen LogP contribution in [0, 0.1) is 25.2 Å². The van der Waals surface area contributed by atoms with Crippen LogP contribution in [0.25, 0.3) is 0 Å². The molecule has 0 radical (unpaired) electrons. The first kappa shape index (κ1) is 23.7. The second kappa shape index (κ2) is 11.1. The Morgan fingerprint density at radius 2 is 1.47 bits per heavy atom. The Hall–Kier alpha value is -3.40. The van der Waals surface area contributed by atoms with Gasteiger partial charge in [0, 0.05) is 31.9 Å². The quantitative estimate of drug-likeness (QED) is 0.581. The number of aromatic nitrogens is 1.